The summed E-state index contributed by atoms with van der Waals surface area (Å²) in [6, 6.07) is 7.51. The third-order valence-corrected chi connectivity index (χ3v) is 4.04. The van der Waals surface area contributed by atoms with Crippen molar-refractivity contribution >= 4 is 17.5 Å². The van der Waals surface area contributed by atoms with Crippen LogP contribution in [-0.4, -0.2) is 31.1 Å². The predicted octanol–water partition coefficient (Wildman–Crippen LogP) is 2.25. The molecular formula is C17H24N2O3. The lowest BCUT2D eigenvalue weighted by atomic mass is 9.90. The van der Waals surface area contributed by atoms with Gasteiger partial charge in [0.15, 0.2) is 0 Å². The van der Waals surface area contributed by atoms with Crippen molar-refractivity contribution in [2.45, 2.75) is 39.7 Å². The molecule has 1 atom stereocenters. The summed E-state index contributed by atoms with van der Waals surface area (Å²) in [7, 11) is 0. The minimum Gasteiger partial charge on any atom is -0.376 e. The van der Waals surface area contributed by atoms with Crippen LogP contribution in [-0.2, 0) is 14.3 Å². The van der Waals surface area contributed by atoms with Gasteiger partial charge in [0.25, 0.3) is 0 Å². The van der Waals surface area contributed by atoms with Gasteiger partial charge in [0.05, 0.1) is 6.10 Å². The minimum atomic E-state index is -1.14. The number of benzene rings is 1. The SMILES string of the molecule is Cc1ccccc1NC(=O)C(C)(C)C(=O)NCC1CCCO1. The molecule has 120 valence electrons. The molecule has 1 fully saturated rings. The number of carbonyl (C=O) groups is 2. The van der Waals surface area contributed by atoms with Crippen molar-refractivity contribution in [3.8, 4) is 0 Å². The van der Waals surface area contributed by atoms with E-state index in [2.05, 4.69) is 10.6 Å². The highest BCUT2D eigenvalue weighted by Crippen LogP contribution is 2.21. The molecule has 1 unspecified atom stereocenters. The predicted molar refractivity (Wildman–Crippen MR) is 85.6 cm³/mol. The third kappa shape index (κ3) is 3.85. The molecule has 5 heteroatoms. The summed E-state index contributed by atoms with van der Waals surface area (Å²) in [5.74, 6) is -0.597. The smallest absolute Gasteiger partial charge is 0.239 e. The minimum absolute atomic E-state index is 0.0687. The second-order valence-electron chi connectivity index (χ2n) is 6.24. The highest BCUT2D eigenvalue weighted by atomic mass is 16.5. The van der Waals surface area contributed by atoms with Crippen LogP contribution in [0, 0.1) is 12.3 Å². The molecule has 1 aromatic rings. The quantitative estimate of drug-likeness (QED) is 0.820. The molecule has 1 heterocycles. The summed E-state index contributed by atoms with van der Waals surface area (Å²) in [6.45, 7) is 6.38. The van der Waals surface area contributed by atoms with Crippen molar-refractivity contribution in [2.75, 3.05) is 18.5 Å². The third-order valence-electron chi connectivity index (χ3n) is 4.04. The van der Waals surface area contributed by atoms with E-state index in [0.717, 1.165) is 30.7 Å². The summed E-state index contributed by atoms with van der Waals surface area (Å²) in [5, 5.41) is 5.65. The number of hydrogen-bond acceptors (Lipinski definition) is 3. The van der Waals surface area contributed by atoms with Gasteiger partial charge in [0, 0.05) is 18.8 Å². The van der Waals surface area contributed by atoms with Crippen LogP contribution >= 0.6 is 0 Å². The standard InChI is InChI=1S/C17H24N2O3/c1-12-7-4-5-9-14(12)19-16(21)17(2,3)15(20)18-11-13-8-6-10-22-13/h4-5,7,9,13H,6,8,10-11H2,1-3H3,(H,18,20)(H,19,21). The van der Waals surface area contributed by atoms with Crippen LogP contribution in [0.5, 0.6) is 0 Å². The first-order valence-electron chi connectivity index (χ1n) is 7.68. The Bertz CT molecular complexity index is 549. The van der Waals surface area contributed by atoms with Gasteiger partial charge >= 0.3 is 0 Å². The molecule has 0 saturated carbocycles. The van der Waals surface area contributed by atoms with E-state index in [9.17, 15) is 9.59 Å². The monoisotopic (exact) mass is 304 g/mol. The lowest BCUT2D eigenvalue weighted by molar-refractivity contribution is -0.138. The van der Waals surface area contributed by atoms with E-state index in [0.29, 0.717) is 6.54 Å². The topological polar surface area (TPSA) is 67.4 Å². The van der Waals surface area contributed by atoms with Crippen molar-refractivity contribution in [3.63, 3.8) is 0 Å². The number of ether oxygens (including phenoxy) is 1. The summed E-state index contributed by atoms with van der Waals surface area (Å²) in [4.78, 5) is 24.7. The number of rotatable bonds is 5. The van der Waals surface area contributed by atoms with Crippen LogP contribution in [0.3, 0.4) is 0 Å². The number of hydrogen-bond donors (Lipinski definition) is 2. The fourth-order valence-corrected chi connectivity index (χ4v) is 2.33. The van der Waals surface area contributed by atoms with Gasteiger partial charge in [-0.3, -0.25) is 9.59 Å². The van der Waals surface area contributed by atoms with Crippen LogP contribution < -0.4 is 10.6 Å². The van der Waals surface area contributed by atoms with Gasteiger partial charge in [-0.1, -0.05) is 18.2 Å². The van der Waals surface area contributed by atoms with E-state index in [4.69, 9.17) is 4.74 Å². The Hall–Kier alpha value is -1.88. The van der Waals surface area contributed by atoms with Gasteiger partial charge < -0.3 is 15.4 Å². The first-order chi connectivity index (χ1) is 10.4. The lowest BCUT2D eigenvalue weighted by Crippen LogP contribution is -2.47. The number of anilines is 1. The molecule has 0 spiro atoms. The Labute approximate surface area is 131 Å². The molecule has 2 N–H and O–H groups in total. The molecule has 0 bridgehead atoms. The van der Waals surface area contributed by atoms with E-state index in [1.54, 1.807) is 13.8 Å². The molecule has 0 radical (unpaired) electrons. The highest BCUT2D eigenvalue weighted by Gasteiger charge is 2.36. The summed E-state index contributed by atoms with van der Waals surface area (Å²) in [6.07, 6.45) is 2.05. The van der Waals surface area contributed by atoms with Crippen molar-refractivity contribution in [1.82, 2.24) is 5.32 Å². The summed E-state index contributed by atoms with van der Waals surface area (Å²) >= 11 is 0. The Morgan fingerprint density at radius 1 is 1.27 bits per heavy atom. The maximum absolute atomic E-state index is 12.4. The fraction of sp³-hybridized carbons (Fsp3) is 0.529. The molecule has 1 aliphatic rings. The van der Waals surface area contributed by atoms with E-state index < -0.39 is 5.41 Å². The zero-order chi connectivity index (χ0) is 16.2. The normalized spacial score (nSPS) is 18.0. The van der Waals surface area contributed by atoms with Crippen LogP contribution in [0.25, 0.3) is 0 Å². The van der Waals surface area contributed by atoms with Crippen molar-refractivity contribution in [1.29, 1.82) is 0 Å². The Kier molecular flexibility index (Phi) is 5.19. The molecule has 0 aliphatic carbocycles. The largest absolute Gasteiger partial charge is 0.376 e. The maximum atomic E-state index is 12.4. The zero-order valence-electron chi connectivity index (χ0n) is 13.4. The number of para-hydroxylation sites is 1. The van der Waals surface area contributed by atoms with E-state index >= 15 is 0 Å². The average molecular weight is 304 g/mol. The number of aryl methyl sites for hydroxylation is 1. The Balaban J connectivity index is 1.94. The summed E-state index contributed by atoms with van der Waals surface area (Å²) < 4.78 is 5.47. The van der Waals surface area contributed by atoms with Gasteiger partial charge in [-0.05, 0) is 45.2 Å². The molecule has 2 amide bonds. The second kappa shape index (κ2) is 6.92. The fourth-order valence-electron chi connectivity index (χ4n) is 2.33. The molecular weight excluding hydrogens is 280 g/mol. The van der Waals surface area contributed by atoms with Gasteiger partial charge in [-0.2, -0.15) is 0 Å². The summed E-state index contributed by atoms with van der Waals surface area (Å²) in [5.41, 5.74) is 0.555. The van der Waals surface area contributed by atoms with Crippen LogP contribution in [0.1, 0.15) is 32.3 Å². The second-order valence-corrected chi connectivity index (χ2v) is 6.24. The highest BCUT2D eigenvalue weighted by molar-refractivity contribution is 6.10. The lowest BCUT2D eigenvalue weighted by Gasteiger charge is -2.24. The van der Waals surface area contributed by atoms with Crippen molar-refractivity contribution in [3.05, 3.63) is 29.8 Å². The number of nitrogens with one attached hydrogen (secondary N) is 2. The van der Waals surface area contributed by atoms with Gasteiger partial charge in [0.2, 0.25) is 11.8 Å². The van der Waals surface area contributed by atoms with E-state index in [-0.39, 0.29) is 17.9 Å². The van der Waals surface area contributed by atoms with Crippen LogP contribution in [0.15, 0.2) is 24.3 Å². The maximum Gasteiger partial charge on any atom is 0.239 e. The molecule has 22 heavy (non-hydrogen) atoms. The molecule has 1 aromatic carbocycles. The number of amides is 2. The average Bonchev–Trinajstić information content (AvgIpc) is 3.00. The Morgan fingerprint density at radius 2 is 2.00 bits per heavy atom. The molecule has 1 aliphatic heterocycles. The van der Waals surface area contributed by atoms with Gasteiger partial charge in [-0.15, -0.1) is 0 Å². The first kappa shape index (κ1) is 16.5. The molecule has 2 rings (SSSR count). The van der Waals surface area contributed by atoms with Crippen LogP contribution in [0.2, 0.25) is 0 Å². The molecule has 0 aromatic heterocycles. The van der Waals surface area contributed by atoms with Crippen LogP contribution in [0.4, 0.5) is 5.69 Å². The van der Waals surface area contributed by atoms with E-state index in [1.807, 2.05) is 31.2 Å². The number of carbonyl (C=O) groups excluding carboxylic acids is 2. The molecule has 1 saturated heterocycles. The molecule has 5 nitrogen and oxygen atoms in total. The Morgan fingerprint density at radius 3 is 2.64 bits per heavy atom. The van der Waals surface area contributed by atoms with Gasteiger partial charge in [-0.25, -0.2) is 0 Å². The van der Waals surface area contributed by atoms with E-state index in [1.165, 1.54) is 0 Å². The van der Waals surface area contributed by atoms with Gasteiger partial charge in [0.1, 0.15) is 5.41 Å². The van der Waals surface area contributed by atoms with Crippen molar-refractivity contribution in [2.24, 2.45) is 5.41 Å². The first-order valence-corrected chi connectivity index (χ1v) is 7.68. The van der Waals surface area contributed by atoms with Crippen molar-refractivity contribution < 1.29 is 14.3 Å². The zero-order valence-corrected chi connectivity index (χ0v) is 13.4.